The Balaban J connectivity index is 1.81. The van der Waals surface area contributed by atoms with Gasteiger partial charge in [-0.15, -0.1) is 11.3 Å². The molecule has 2 heterocycles. The summed E-state index contributed by atoms with van der Waals surface area (Å²) in [5.74, 6) is 1.13. The summed E-state index contributed by atoms with van der Waals surface area (Å²) in [6.07, 6.45) is 2.34. The molecule has 0 aromatic carbocycles. The summed E-state index contributed by atoms with van der Waals surface area (Å²) in [5, 5.41) is 17.4. The molecule has 2 amide bonds. The van der Waals surface area contributed by atoms with Crippen molar-refractivity contribution in [1.82, 2.24) is 15.6 Å². The van der Waals surface area contributed by atoms with Crippen LogP contribution in [0.15, 0.2) is 28.2 Å². The van der Waals surface area contributed by atoms with E-state index in [0.717, 1.165) is 22.9 Å². The smallest absolute Gasteiger partial charge is 0.315 e. The Bertz CT molecular complexity index is 581. The summed E-state index contributed by atoms with van der Waals surface area (Å²) in [5.41, 5.74) is 0.774. The van der Waals surface area contributed by atoms with E-state index in [9.17, 15) is 9.90 Å². The molecule has 0 aliphatic heterocycles. The molecule has 0 saturated carbocycles. The highest BCUT2D eigenvalue weighted by atomic mass is 32.1. The maximum atomic E-state index is 11.8. The van der Waals surface area contributed by atoms with Crippen LogP contribution in [-0.2, 0) is 6.54 Å². The molecular formula is C15H21N3O3S. The van der Waals surface area contributed by atoms with Gasteiger partial charge in [-0.1, -0.05) is 13.8 Å². The number of hydrogen-bond acceptors (Lipinski definition) is 5. The molecule has 120 valence electrons. The summed E-state index contributed by atoms with van der Waals surface area (Å²) in [6.45, 7) is 4.37. The van der Waals surface area contributed by atoms with Crippen LogP contribution in [0.3, 0.4) is 0 Å². The molecule has 0 radical (unpaired) electrons. The maximum absolute atomic E-state index is 11.8. The number of urea groups is 1. The van der Waals surface area contributed by atoms with Crippen LogP contribution in [0.1, 0.15) is 26.0 Å². The third kappa shape index (κ3) is 4.85. The van der Waals surface area contributed by atoms with Crippen molar-refractivity contribution < 1.29 is 14.3 Å². The van der Waals surface area contributed by atoms with E-state index >= 15 is 0 Å². The Morgan fingerprint density at radius 1 is 1.50 bits per heavy atom. The van der Waals surface area contributed by atoms with Crippen molar-refractivity contribution in [3.8, 4) is 10.8 Å². The quantitative estimate of drug-likeness (QED) is 0.731. The molecule has 22 heavy (non-hydrogen) atoms. The van der Waals surface area contributed by atoms with Crippen LogP contribution in [-0.4, -0.2) is 28.8 Å². The van der Waals surface area contributed by atoms with E-state index in [1.165, 1.54) is 11.3 Å². The minimum absolute atomic E-state index is 0.0645. The van der Waals surface area contributed by atoms with E-state index in [1.54, 1.807) is 6.26 Å². The molecule has 1 atom stereocenters. The van der Waals surface area contributed by atoms with E-state index in [1.807, 2.05) is 31.4 Å². The van der Waals surface area contributed by atoms with Crippen LogP contribution in [0.2, 0.25) is 0 Å². The van der Waals surface area contributed by atoms with Crippen molar-refractivity contribution in [2.45, 2.75) is 32.9 Å². The Morgan fingerprint density at radius 2 is 2.32 bits per heavy atom. The standard InChI is InChI=1S/C15H21N3O3S/c1-10(2)6-11(8-19)18-15(20)16-7-12-9-22-14(17-12)13-4-3-5-21-13/h3-5,9-11,19H,6-8H2,1-2H3,(H2,16,18,20). The molecule has 0 spiro atoms. The lowest BCUT2D eigenvalue weighted by Crippen LogP contribution is -2.44. The second-order valence-electron chi connectivity index (χ2n) is 5.46. The fourth-order valence-electron chi connectivity index (χ4n) is 2.06. The highest BCUT2D eigenvalue weighted by Gasteiger charge is 2.13. The second-order valence-corrected chi connectivity index (χ2v) is 6.32. The molecule has 2 rings (SSSR count). The number of rotatable bonds is 7. The van der Waals surface area contributed by atoms with Crippen LogP contribution in [0, 0.1) is 5.92 Å². The highest BCUT2D eigenvalue weighted by molar-refractivity contribution is 7.13. The van der Waals surface area contributed by atoms with Crippen LogP contribution in [0.25, 0.3) is 10.8 Å². The number of thiazole rings is 1. The zero-order valence-corrected chi connectivity index (χ0v) is 13.5. The predicted molar refractivity (Wildman–Crippen MR) is 85.5 cm³/mol. The number of aromatic nitrogens is 1. The topological polar surface area (TPSA) is 87.4 Å². The first-order chi connectivity index (χ1) is 10.6. The molecule has 1 unspecified atom stereocenters. The van der Waals surface area contributed by atoms with Gasteiger partial charge in [-0.2, -0.15) is 0 Å². The molecule has 2 aromatic rings. The average molecular weight is 323 g/mol. The number of carbonyl (C=O) groups excluding carboxylic acids is 1. The molecule has 0 aliphatic carbocycles. The number of nitrogens with one attached hydrogen (secondary N) is 2. The van der Waals surface area contributed by atoms with Gasteiger partial charge in [0.25, 0.3) is 0 Å². The fourth-order valence-corrected chi connectivity index (χ4v) is 2.84. The largest absolute Gasteiger partial charge is 0.462 e. The number of hydrogen-bond donors (Lipinski definition) is 3. The first kappa shape index (κ1) is 16.5. The molecule has 0 bridgehead atoms. The Labute approximate surface area is 133 Å². The van der Waals surface area contributed by atoms with Gasteiger partial charge in [0.1, 0.15) is 0 Å². The van der Waals surface area contributed by atoms with Gasteiger partial charge < -0.3 is 20.2 Å². The normalized spacial score (nSPS) is 12.4. The lowest BCUT2D eigenvalue weighted by atomic mass is 10.0. The lowest BCUT2D eigenvalue weighted by molar-refractivity contribution is 0.206. The van der Waals surface area contributed by atoms with Crippen LogP contribution in [0.5, 0.6) is 0 Å². The number of aliphatic hydroxyl groups is 1. The molecule has 0 fully saturated rings. The van der Waals surface area contributed by atoms with E-state index in [-0.39, 0.29) is 18.7 Å². The SMILES string of the molecule is CC(C)CC(CO)NC(=O)NCc1csc(-c2ccco2)n1. The van der Waals surface area contributed by atoms with Gasteiger partial charge in [0.15, 0.2) is 10.8 Å². The van der Waals surface area contributed by atoms with Crippen molar-refractivity contribution in [2.75, 3.05) is 6.61 Å². The zero-order valence-electron chi connectivity index (χ0n) is 12.7. The zero-order chi connectivity index (χ0) is 15.9. The summed E-state index contributed by atoms with van der Waals surface area (Å²) in [4.78, 5) is 16.2. The number of amides is 2. The first-order valence-corrected chi connectivity index (χ1v) is 8.10. The van der Waals surface area contributed by atoms with Gasteiger partial charge in [0.05, 0.1) is 31.2 Å². The molecule has 2 aromatic heterocycles. The Hall–Kier alpha value is -1.86. The summed E-state index contributed by atoms with van der Waals surface area (Å²) >= 11 is 1.47. The van der Waals surface area contributed by atoms with Gasteiger partial charge in [0, 0.05) is 5.38 Å². The minimum atomic E-state index is -0.299. The number of furan rings is 1. The molecule has 0 saturated heterocycles. The molecule has 7 heteroatoms. The highest BCUT2D eigenvalue weighted by Crippen LogP contribution is 2.23. The van der Waals surface area contributed by atoms with Gasteiger partial charge in [-0.25, -0.2) is 9.78 Å². The van der Waals surface area contributed by atoms with Crippen molar-refractivity contribution in [3.63, 3.8) is 0 Å². The van der Waals surface area contributed by atoms with E-state index in [2.05, 4.69) is 15.6 Å². The van der Waals surface area contributed by atoms with Gasteiger partial charge >= 0.3 is 6.03 Å². The minimum Gasteiger partial charge on any atom is -0.462 e. The predicted octanol–water partition coefficient (Wildman–Crippen LogP) is 2.61. The Morgan fingerprint density at radius 3 is 2.95 bits per heavy atom. The second kappa shape index (κ2) is 7.95. The van der Waals surface area contributed by atoms with Crippen molar-refractivity contribution in [2.24, 2.45) is 5.92 Å². The summed E-state index contributed by atoms with van der Waals surface area (Å²) < 4.78 is 5.28. The van der Waals surface area contributed by atoms with E-state index in [4.69, 9.17) is 4.42 Å². The summed E-state index contributed by atoms with van der Waals surface area (Å²) in [6, 6.07) is 3.13. The van der Waals surface area contributed by atoms with Crippen LogP contribution >= 0.6 is 11.3 Å². The monoisotopic (exact) mass is 323 g/mol. The van der Waals surface area contributed by atoms with E-state index in [0.29, 0.717) is 12.5 Å². The molecule has 0 aliphatic rings. The third-order valence-electron chi connectivity index (χ3n) is 3.03. The maximum Gasteiger partial charge on any atom is 0.315 e. The molecule has 6 nitrogen and oxygen atoms in total. The number of carbonyl (C=O) groups is 1. The summed E-state index contributed by atoms with van der Waals surface area (Å²) in [7, 11) is 0. The van der Waals surface area contributed by atoms with Gasteiger partial charge in [-0.05, 0) is 24.5 Å². The van der Waals surface area contributed by atoms with Crippen LogP contribution in [0.4, 0.5) is 4.79 Å². The lowest BCUT2D eigenvalue weighted by Gasteiger charge is -2.18. The third-order valence-corrected chi connectivity index (χ3v) is 3.93. The van der Waals surface area contributed by atoms with Crippen molar-refractivity contribution in [3.05, 3.63) is 29.5 Å². The molecule has 3 N–H and O–H groups in total. The van der Waals surface area contributed by atoms with E-state index < -0.39 is 0 Å². The van der Waals surface area contributed by atoms with Gasteiger partial charge in [-0.3, -0.25) is 0 Å². The Kier molecular flexibility index (Phi) is 5.97. The van der Waals surface area contributed by atoms with Crippen molar-refractivity contribution >= 4 is 17.4 Å². The average Bonchev–Trinajstić information content (AvgIpc) is 3.14. The van der Waals surface area contributed by atoms with Gasteiger partial charge in [0.2, 0.25) is 0 Å². The molecular weight excluding hydrogens is 302 g/mol. The van der Waals surface area contributed by atoms with Crippen molar-refractivity contribution in [1.29, 1.82) is 0 Å². The fraction of sp³-hybridized carbons (Fsp3) is 0.467. The number of aliphatic hydroxyl groups excluding tert-OH is 1. The number of nitrogens with zero attached hydrogens (tertiary/aromatic N) is 1. The van der Waals surface area contributed by atoms with Crippen LogP contribution < -0.4 is 10.6 Å². The first-order valence-electron chi connectivity index (χ1n) is 7.22.